The predicted octanol–water partition coefficient (Wildman–Crippen LogP) is 5.15. The van der Waals surface area contributed by atoms with E-state index in [1.54, 1.807) is 6.20 Å². The van der Waals surface area contributed by atoms with Crippen LogP contribution in [0.2, 0.25) is 0 Å². The number of hydrogen-bond acceptors (Lipinski definition) is 9. The summed E-state index contributed by atoms with van der Waals surface area (Å²) in [5, 5.41) is 24.2. The number of nitrogens with zero attached hydrogens (tertiary/aromatic N) is 6. The fraction of sp³-hybridized carbons (Fsp3) is 0.289. The summed E-state index contributed by atoms with van der Waals surface area (Å²) in [4.78, 5) is 30.8. The fourth-order valence-electron chi connectivity index (χ4n) is 8.25. The van der Waals surface area contributed by atoms with Crippen molar-refractivity contribution in [1.82, 2.24) is 30.2 Å². The van der Waals surface area contributed by atoms with Gasteiger partial charge in [-0.1, -0.05) is 48.5 Å². The molecule has 1 fully saturated rings. The Kier molecular flexibility index (Phi) is 10.5. The van der Waals surface area contributed by atoms with Crippen LogP contribution in [-0.2, 0) is 22.7 Å². The van der Waals surface area contributed by atoms with Crippen LogP contribution >= 0.6 is 0 Å². The molecule has 3 aliphatic rings. The second-order valence-electron chi connectivity index (χ2n) is 15.1. The maximum Gasteiger partial charge on any atom is 0.263 e. The van der Waals surface area contributed by atoms with E-state index in [9.17, 15) is 9.59 Å². The highest BCUT2D eigenvalue weighted by atomic mass is 16.5. The first-order chi connectivity index (χ1) is 28.5. The maximum atomic E-state index is 13.7. The molecule has 0 radical (unpaired) electrons. The normalized spacial score (nSPS) is 19.7. The minimum absolute atomic E-state index is 0.0508. The number of carbonyl (C=O) groups is 2. The number of aromatic nitrogens is 4. The van der Waals surface area contributed by atoms with Gasteiger partial charge in [-0.25, -0.2) is 9.36 Å². The summed E-state index contributed by atoms with van der Waals surface area (Å²) in [6.45, 7) is 2.16. The molecule has 296 valence electrons. The Morgan fingerprint density at radius 2 is 1.31 bits per heavy atom. The minimum Gasteiger partial charge on any atom is -0.477 e. The van der Waals surface area contributed by atoms with Crippen LogP contribution in [0.5, 0.6) is 11.5 Å². The molecule has 13 heteroatoms. The van der Waals surface area contributed by atoms with E-state index >= 15 is 0 Å². The monoisotopic (exact) mass is 778 g/mol. The molecule has 9 rings (SSSR count). The van der Waals surface area contributed by atoms with E-state index in [0.717, 1.165) is 58.7 Å². The number of fused-ring (bicyclic) bond motifs is 2. The van der Waals surface area contributed by atoms with E-state index in [2.05, 4.69) is 80.3 Å². The molecule has 58 heavy (non-hydrogen) atoms. The lowest BCUT2D eigenvalue weighted by molar-refractivity contribution is -0.129. The first-order valence-corrected chi connectivity index (χ1v) is 19.9. The number of carbonyl (C=O) groups excluding carboxylic acids is 2. The molecular formula is C45H46N8O5. The van der Waals surface area contributed by atoms with Crippen LogP contribution in [0.15, 0.2) is 128 Å². The molecule has 2 amide bonds. The summed E-state index contributed by atoms with van der Waals surface area (Å²) in [6, 6.07) is 34.2. The molecule has 6 aromatic rings. The highest BCUT2D eigenvalue weighted by Gasteiger charge is 2.35. The van der Waals surface area contributed by atoms with Crippen molar-refractivity contribution in [3.05, 3.63) is 145 Å². The molecule has 2 aliphatic heterocycles. The number of ether oxygens (including phenoxy) is 2. The second-order valence-corrected chi connectivity index (χ2v) is 15.1. The number of amides is 2. The molecule has 1 aliphatic carbocycles. The summed E-state index contributed by atoms with van der Waals surface area (Å²) in [6.07, 6.45) is 9.11. The number of anilines is 2. The number of rotatable bonds is 12. The van der Waals surface area contributed by atoms with Crippen molar-refractivity contribution in [3.63, 3.8) is 0 Å². The van der Waals surface area contributed by atoms with Crippen LogP contribution < -0.4 is 29.9 Å². The number of nitrogens with one attached hydrogen (secondary N) is 2. The van der Waals surface area contributed by atoms with E-state index in [1.807, 2.05) is 76.4 Å². The molecule has 0 saturated heterocycles. The van der Waals surface area contributed by atoms with E-state index in [4.69, 9.17) is 19.7 Å². The molecule has 13 nitrogen and oxygen atoms in total. The van der Waals surface area contributed by atoms with E-state index in [0.29, 0.717) is 37.7 Å². The predicted molar refractivity (Wildman–Crippen MR) is 220 cm³/mol. The highest BCUT2D eigenvalue weighted by molar-refractivity contribution is 5.84. The van der Waals surface area contributed by atoms with Gasteiger partial charge >= 0.3 is 0 Å². The SMILES string of the molecule is O=C(NCCO)C1CN(Cc2ccc(-n3cc(C4CCC(NC(=O)C5CN(Cc6ccc(-n7cccn7)cc6)c6ccccc6O5)C4)cn3)cc2)c2ccccc2O1. The number of para-hydroxylation sites is 4. The van der Waals surface area contributed by atoms with Crippen molar-refractivity contribution in [2.75, 3.05) is 36.0 Å². The third kappa shape index (κ3) is 7.98. The topological polar surface area (TPSA) is 139 Å². The van der Waals surface area contributed by atoms with Crippen LogP contribution in [0.4, 0.5) is 11.4 Å². The summed E-state index contributed by atoms with van der Waals surface area (Å²) in [5.41, 5.74) is 7.24. The minimum atomic E-state index is -0.677. The van der Waals surface area contributed by atoms with E-state index in [1.165, 1.54) is 0 Å². The van der Waals surface area contributed by atoms with Crippen LogP contribution in [0.25, 0.3) is 11.4 Å². The van der Waals surface area contributed by atoms with Gasteiger partial charge in [0.05, 0.1) is 48.6 Å². The van der Waals surface area contributed by atoms with E-state index < -0.39 is 12.2 Å². The summed E-state index contributed by atoms with van der Waals surface area (Å²) in [5.74, 6) is 1.33. The van der Waals surface area contributed by atoms with Gasteiger partial charge < -0.3 is 35.0 Å². The number of aliphatic hydroxyl groups is 1. The van der Waals surface area contributed by atoms with Gasteiger partial charge in [0.25, 0.3) is 11.8 Å². The van der Waals surface area contributed by atoms with Gasteiger partial charge in [0.15, 0.2) is 12.2 Å². The van der Waals surface area contributed by atoms with Crippen LogP contribution in [0.3, 0.4) is 0 Å². The standard InChI is InChI=1S/C45H46N8O5/c54-23-21-46-44(55)42-29-50(38-6-1-3-8-40(38)57-42)26-32-12-18-37(19-13-32)53-28-34(25-48-53)33-14-15-35(24-33)49-45(56)43-30-51(39-7-2-4-9-41(39)58-43)27-31-10-16-36(17-11-31)52-22-5-20-47-52/h1-13,16-20,22,25,28,33,35,42-43,54H,14-15,21,23-24,26-27,29-30H2,(H,46,55)(H,49,56). The molecule has 4 aromatic carbocycles. The lowest BCUT2D eigenvalue weighted by atomic mass is 10.0. The summed E-state index contributed by atoms with van der Waals surface area (Å²) < 4.78 is 16.0. The largest absolute Gasteiger partial charge is 0.477 e. The molecule has 0 bridgehead atoms. The summed E-state index contributed by atoms with van der Waals surface area (Å²) >= 11 is 0. The first-order valence-electron chi connectivity index (χ1n) is 19.9. The van der Waals surface area contributed by atoms with Gasteiger partial charge in [0.2, 0.25) is 0 Å². The average Bonchev–Trinajstić information content (AvgIpc) is 4.07. The maximum absolute atomic E-state index is 13.7. The van der Waals surface area contributed by atoms with Crippen molar-refractivity contribution in [2.45, 2.75) is 56.5 Å². The van der Waals surface area contributed by atoms with Gasteiger partial charge in [-0.2, -0.15) is 10.2 Å². The van der Waals surface area contributed by atoms with Gasteiger partial charge in [0, 0.05) is 44.3 Å². The third-order valence-electron chi connectivity index (χ3n) is 11.2. The smallest absolute Gasteiger partial charge is 0.263 e. The lowest BCUT2D eigenvalue weighted by Crippen LogP contribution is -2.50. The van der Waals surface area contributed by atoms with Gasteiger partial charge in [0.1, 0.15) is 11.5 Å². The van der Waals surface area contributed by atoms with Crippen molar-refractivity contribution >= 4 is 23.2 Å². The molecule has 0 spiro atoms. The Hall–Kier alpha value is -6.60. The summed E-state index contributed by atoms with van der Waals surface area (Å²) in [7, 11) is 0. The quantitative estimate of drug-likeness (QED) is 0.154. The average molecular weight is 779 g/mol. The molecule has 4 unspecified atom stereocenters. The van der Waals surface area contributed by atoms with Gasteiger partial charge in [-0.05, 0) is 96.5 Å². The third-order valence-corrected chi connectivity index (χ3v) is 11.2. The van der Waals surface area contributed by atoms with Gasteiger partial charge in [-0.15, -0.1) is 0 Å². The van der Waals surface area contributed by atoms with E-state index in [-0.39, 0.29) is 36.9 Å². The van der Waals surface area contributed by atoms with Crippen molar-refractivity contribution in [2.24, 2.45) is 0 Å². The molecule has 3 N–H and O–H groups in total. The van der Waals surface area contributed by atoms with Gasteiger partial charge in [-0.3, -0.25) is 9.59 Å². The Labute approximate surface area is 336 Å². The second kappa shape index (κ2) is 16.5. The molecule has 1 saturated carbocycles. The Morgan fingerprint density at radius 1 is 0.707 bits per heavy atom. The van der Waals surface area contributed by atoms with Crippen LogP contribution in [0.1, 0.15) is 41.9 Å². The molecule has 2 aromatic heterocycles. The van der Waals surface area contributed by atoms with Crippen molar-refractivity contribution in [1.29, 1.82) is 0 Å². The Morgan fingerprint density at radius 3 is 1.91 bits per heavy atom. The number of benzene rings is 4. The highest BCUT2D eigenvalue weighted by Crippen LogP contribution is 2.37. The number of hydrogen-bond donors (Lipinski definition) is 3. The molecule has 4 heterocycles. The first kappa shape index (κ1) is 37.0. The Bertz CT molecular complexity index is 2350. The fourth-order valence-corrected chi connectivity index (χ4v) is 8.25. The molecule has 4 atom stereocenters. The zero-order valence-corrected chi connectivity index (χ0v) is 32.1. The number of aliphatic hydroxyl groups excluding tert-OH is 1. The lowest BCUT2D eigenvalue weighted by Gasteiger charge is -2.36. The van der Waals surface area contributed by atoms with Crippen LogP contribution in [-0.4, -0.2) is 81.0 Å². The Balaban J connectivity index is 0.803. The van der Waals surface area contributed by atoms with Crippen LogP contribution in [0, 0.1) is 0 Å². The van der Waals surface area contributed by atoms with Crippen molar-refractivity contribution < 1.29 is 24.2 Å². The zero-order chi connectivity index (χ0) is 39.4. The molecular weight excluding hydrogens is 733 g/mol. The zero-order valence-electron chi connectivity index (χ0n) is 32.1. The van der Waals surface area contributed by atoms with Crippen molar-refractivity contribution in [3.8, 4) is 22.9 Å².